The van der Waals surface area contributed by atoms with Gasteiger partial charge >= 0.3 is 0 Å². The lowest BCUT2D eigenvalue weighted by Gasteiger charge is -2.02. The standard InChI is InChI=1S/C11H16OSi/c1-10(2)11(12)6-5-9-13-7-3-4-8-13/h3-4,7-8,13H,1,5-6,9H2,2H3. The Morgan fingerprint density at radius 2 is 2.00 bits per heavy atom. The van der Waals surface area contributed by atoms with Crippen LogP contribution in [-0.2, 0) is 4.79 Å². The fourth-order valence-electron chi connectivity index (χ4n) is 1.38. The van der Waals surface area contributed by atoms with Crippen molar-refractivity contribution in [2.75, 3.05) is 0 Å². The highest BCUT2D eigenvalue weighted by molar-refractivity contribution is 6.70. The molecule has 2 heteroatoms. The molecule has 0 bridgehead atoms. The van der Waals surface area contributed by atoms with Crippen molar-refractivity contribution in [2.45, 2.75) is 25.8 Å². The molecule has 1 aliphatic rings. The quantitative estimate of drug-likeness (QED) is 0.483. The molecule has 1 nitrogen and oxygen atoms in total. The van der Waals surface area contributed by atoms with Gasteiger partial charge in [0.05, 0.1) is 8.80 Å². The van der Waals surface area contributed by atoms with Crippen molar-refractivity contribution in [2.24, 2.45) is 0 Å². The van der Waals surface area contributed by atoms with Crippen LogP contribution in [0.4, 0.5) is 0 Å². The predicted molar refractivity (Wildman–Crippen MR) is 59.3 cm³/mol. The van der Waals surface area contributed by atoms with Gasteiger partial charge in [-0.2, -0.15) is 0 Å². The molecule has 1 rings (SSSR count). The Labute approximate surface area is 81.5 Å². The van der Waals surface area contributed by atoms with Crippen LogP contribution >= 0.6 is 0 Å². The minimum absolute atomic E-state index is 0.222. The number of hydrogen-bond acceptors (Lipinski definition) is 1. The van der Waals surface area contributed by atoms with Gasteiger partial charge in [-0.05, 0) is 18.9 Å². The summed E-state index contributed by atoms with van der Waals surface area (Å²) in [5.74, 6) is 0.222. The molecule has 1 aliphatic heterocycles. The summed E-state index contributed by atoms with van der Waals surface area (Å²) in [5.41, 5.74) is 5.32. The van der Waals surface area contributed by atoms with E-state index in [4.69, 9.17) is 0 Å². The maximum absolute atomic E-state index is 11.2. The first-order valence-corrected chi connectivity index (χ1v) is 6.89. The molecule has 70 valence electrons. The first kappa shape index (κ1) is 10.2. The maximum atomic E-state index is 11.2. The molecule has 0 spiro atoms. The van der Waals surface area contributed by atoms with Crippen LogP contribution < -0.4 is 0 Å². The van der Waals surface area contributed by atoms with Crippen LogP contribution in [0.2, 0.25) is 6.04 Å². The summed E-state index contributed by atoms with van der Waals surface area (Å²) in [6.07, 6.45) is 5.95. The number of hydrogen-bond donors (Lipinski definition) is 0. The number of ketones is 1. The van der Waals surface area contributed by atoms with Crippen molar-refractivity contribution in [3.05, 3.63) is 35.7 Å². The molecule has 0 saturated heterocycles. The Kier molecular flexibility index (Phi) is 3.90. The third-order valence-corrected chi connectivity index (χ3v) is 4.75. The molecule has 0 unspecified atom stereocenters. The number of carbonyl (C=O) groups excluding carboxylic acids is 1. The molecular weight excluding hydrogens is 176 g/mol. The van der Waals surface area contributed by atoms with Crippen molar-refractivity contribution in [1.29, 1.82) is 0 Å². The summed E-state index contributed by atoms with van der Waals surface area (Å²) in [4.78, 5) is 11.2. The fourth-order valence-corrected chi connectivity index (χ4v) is 3.40. The second-order valence-corrected chi connectivity index (χ2v) is 6.20. The third-order valence-electron chi connectivity index (χ3n) is 2.25. The lowest BCUT2D eigenvalue weighted by Crippen LogP contribution is -2.05. The van der Waals surface area contributed by atoms with Gasteiger partial charge in [0.2, 0.25) is 0 Å². The van der Waals surface area contributed by atoms with Crippen LogP contribution in [0, 0.1) is 0 Å². The lowest BCUT2D eigenvalue weighted by atomic mass is 10.1. The Bertz CT molecular complexity index is 251. The van der Waals surface area contributed by atoms with Crippen LogP contribution in [0.25, 0.3) is 0 Å². The normalized spacial score (nSPS) is 15.2. The van der Waals surface area contributed by atoms with Crippen molar-refractivity contribution in [3.63, 3.8) is 0 Å². The van der Waals surface area contributed by atoms with Crippen LogP contribution in [0.3, 0.4) is 0 Å². The van der Waals surface area contributed by atoms with Gasteiger partial charge in [-0.25, -0.2) is 0 Å². The first-order chi connectivity index (χ1) is 6.20. The maximum Gasteiger partial charge on any atom is 0.157 e. The molecule has 0 N–H and O–H groups in total. The molecule has 13 heavy (non-hydrogen) atoms. The van der Waals surface area contributed by atoms with Gasteiger partial charge in [0.1, 0.15) is 0 Å². The molecule has 0 aromatic heterocycles. The summed E-state index contributed by atoms with van der Waals surface area (Å²) < 4.78 is 0. The van der Waals surface area contributed by atoms with Gasteiger partial charge in [-0.15, -0.1) is 0 Å². The second kappa shape index (κ2) is 4.97. The average Bonchev–Trinajstić information content (AvgIpc) is 2.56. The zero-order valence-electron chi connectivity index (χ0n) is 8.12. The highest BCUT2D eigenvalue weighted by Crippen LogP contribution is 2.10. The van der Waals surface area contributed by atoms with E-state index in [2.05, 4.69) is 30.1 Å². The fraction of sp³-hybridized carbons (Fsp3) is 0.364. The van der Waals surface area contributed by atoms with Gasteiger partial charge < -0.3 is 0 Å². The van der Waals surface area contributed by atoms with E-state index >= 15 is 0 Å². The zero-order chi connectivity index (χ0) is 9.68. The molecular formula is C11H16OSi. The molecule has 0 aromatic rings. The molecule has 0 amide bonds. The van der Waals surface area contributed by atoms with Gasteiger partial charge in [0.15, 0.2) is 5.78 Å². The molecule has 0 fully saturated rings. The number of allylic oxidation sites excluding steroid dienone is 3. The van der Waals surface area contributed by atoms with Crippen LogP contribution in [0.15, 0.2) is 35.7 Å². The van der Waals surface area contributed by atoms with Gasteiger partial charge in [-0.1, -0.05) is 36.2 Å². The summed E-state index contributed by atoms with van der Waals surface area (Å²) >= 11 is 0. The highest BCUT2D eigenvalue weighted by atomic mass is 28.3. The number of carbonyl (C=O) groups is 1. The zero-order valence-corrected chi connectivity index (χ0v) is 9.28. The highest BCUT2D eigenvalue weighted by Gasteiger charge is 2.07. The summed E-state index contributed by atoms with van der Waals surface area (Å²) in [7, 11) is -0.714. The van der Waals surface area contributed by atoms with Gasteiger partial charge in [0.25, 0.3) is 0 Å². The molecule has 0 aromatic carbocycles. The average molecular weight is 192 g/mol. The first-order valence-electron chi connectivity index (χ1n) is 4.74. The van der Waals surface area contributed by atoms with Gasteiger partial charge in [-0.3, -0.25) is 4.79 Å². The number of Topliss-reactive ketones (excluding diaryl/α,β-unsaturated/α-hetero) is 1. The SMILES string of the molecule is C=C(C)C(=O)CCC[SiH]1C=CC=C1. The van der Waals surface area contributed by atoms with Crippen LogP contribution in [0.5, 0.6) is 0 Å². The predicted octanol–water partition coefficient (Wildman–Crippen LogP) is 2.34. The minimum Gasteiger partial charge on any atom is -0.295 e. The topological polar surface area (TPSA) is 17.1 Å². The molecule has 0 atom stereocenters. The molecule has 0 aliphatic carbocycles. The summed E-state index contributed by atoms with van der Waals surface area (Å²) in [6.45, 7) is 5.43. The van der Waals surface area contributed by atoms with Crippen molar-refractivity contribution >= 4 is 14.6 Å². The Balaban J connectivity index is 2.14. The lowest BCUT2D eigenvalue weighted by molar-refractivity contribution is -0.115. The third kappa shape index (κ3) is 3.55. The van der Waals surface area contributed by atoms with E-state index in [1.165, 1.54) is 6.04 Å². The van der Waals surface area contributed by atoms with Crippen LogP contribution in [0.1, 0.15) is 19.8 Å². The number of rotatable bonds is 5. The monoisotopic (exact) mass is 192 g/mol. The summed E-state index contributed by atoms with van der Waals surface area (Å²) in [5, 5.41) is 0. The van der Waals surface area contributed by atoms with E-state index in [9.17, 15) is 4.79 Å². The van der Waals surface area contributed by atoms with E-state index in [1.807, 2.05) is 0 Å². The van der Waals surface area contributed by atoms with E-state index in [0.29, 0.717) is 12.0 Å². The minimum atomic E-state index is -0.714. The molecule has 0 saturated carbocycles. The Hall–Kier alpha value is -0.893. The summed E-state index contributed by atoms with van der Waals surface area (Å²) in [6, 6.07) is 1.21. The Morgan fingerprint density at radius 1 is 1.38 bits per heavy atom. The van der Waals surface area contributed by atoms with E-state index < -0.39 is 8.80 Å². The van der Waals surface area contributed by atoms with E-state index in [0.717, 1.165) is 6.42 Å². The van der Waals surface area contributed by atoms with E-state index in [-0.39, 0.29) is 5.78 Å². The van der Waals surface area contributed by atoms with Crippen molar-refractivity contribution in [1.82, 2.24) is 0 Å². The van der Waals surface area contributed by atoms with Crippen molar-refractivity contribution in [3.8, 4) is 0 Å². The second-order valence-electron chi connectivity index (χ2n) is 3.53. The van der Waals surface area contributed by atoms with Crippen molar-refractivity contribution < 1.29 is 4.79 Å². The van der Waals surface area contributed by atoms with E-state index in [1.54, 1.807) is 6.92 Å². The van der Waals surface area contributed by atoms with Crippen LogP contribution in [-0.4, -0.2) is 14.6 Å². The Morgan fingerprint density at radius 3 is 2.54 bits per heavy atom. The largest absolute Gasteiger partial charge is 0.295 e. The molecule has 1 heterocycles. The van der Waals surface area contributed by atoms with Gasteiger partial charge in [0, 0.05) is 6.42 Å². The smallest absolute Gasteiger partial charge is 0.157 e. The molecule has 0 radical (unpaired) electrons.